The Morgan fingerprint density at radius 1 is 1.08 bits per heavy atom. The first-order valence-electron chi connectivity index (χ1n) is 8.29. The zero-order valence-electron chi connectivity index (χ0n) is 14.4. The second-order valence-corrected chi connectivity index (χ2v) is 5.85. The van der Waals surface area contributed by atoms with E-state index < -0.39 is 0 Å². The van der Waals surface area contributed by atoms with E-state index in [4.69, 9.17) is 9.26 Å². The second-order valence-electron chi connectivity index (χ2n) is 5.85. The van der Waals surface area contributed by atoms with E-state index in [1.807, 2.05) is 38.1 Å². The molecule has 2 aromatic heterocycles. The molecule has 2 aromatic carbocycles. The summed E-state index contributed by atoms with van der Waals surface area (Å²) in [4.78, 5) is 9.07. The van der Waals surface area contributed by atoms with Crippen molar-refractivity contribution in [1.29, 1.82) is 0 Å². The maximum Gasteiger partial charge on any atom is 0.258 e. The fraction of sp³-hybridized carbons (Fsp3) is 0.150. The largest absolute Gasteiger partial charge is 0.477 e. The molecule has 0 amide bonds. The van der Waals surface area contributed by atoms with Crippen molar-refractivity contribution in [3.63, 3.8) is 0 Å². The van der Waals surface area contributed by atoms with Gasteiger partial charge in [-0.05, 0) is 49.7 Å². The van der Waals surface area contributed by atoms with Gasteiger partial charge < -0.3 is 9.26 Å². The molecule has 0 fully saturated rings. The lowest BCUT2D eigenvalue weighted by Gasteiger charge is -2.09. The second kappa shape index (κ2) is 6.55. The Bertz CT molecular complexity index is 1070. The molecule has 0 aliphatic carbocycles. The predicted molar refractivity (Wildman–Crippen MR) is 96.3 cm³/mol. The summed E-state index contributed by atoms with van der Waals surface area (Å²) >= 11 is 0. The van der Waals surface area contributed by atoms with Gasteiger partial charge in [-0.3, -0.25) is 0 Å². The van der Waals surface area contributed by atoms with Gasteiger partial charge in [0.1, 0.15) is 5.82 Å². The average molecular weight is 349 g/mol. The van der Waals surface area contributed by atoms with Crippen molar-refractivity contribution in [2.24, 2.45) is 0 Å². The van der Waals surface area contributed by atoms with E-state index in [2.05, 4.69) is 15.1 Å². The maximum absolute atomic E-state index is 13.1. The smallest absolute Gasteiger partial charge is 0.258 e. The summed E-state index contributed by atoms with van der Waals surface area (Å²) < 4.78 is 24.1. The molecule has 2 heterocycles. The fourth-order valence-corrected chi connectivity index (χ4v) is 2.78. The van der Waals surface area contributed by atoms with Gasteiger partial charge in [-0.15, -0.1) is 0 Å². The summed E-state index contributed by atoms with van der Waals surface area (Å²) in [5, 5.41) is 5.03. The Balaban J connectivity index is 1.83. The Morgan fingerprint density at radius 3 is 2.65 bits per heavy atom. The molecule has 0 unspecified atom stereocenters. The molecule has 4 rings (SSSR count). The third kappa shape index (κ3) is 2.90. The van der Waals surface area contributed by atoms with E-state index in [-0.39, 0.29) is 5.82 Å². The highest BCUT2D eigenvalue weighted by Crippen LogP contribution is 2.32. The molecule has 5 nitrogen and oxygen atoms in total. The summed E-state index contributed by atoms with van der Waals surface area (Å²) in [5.41, 5.74) is 3.24. The van der Waals surface area contributed by atoms with Gasteiger partial charge in [-0.2, -0.15) is 4.98 Å². The van der Waals surface area contributed by atoms with Crippen molar-refractivity contribution in [1.82, 2.24) is 15.1 Å². The minimum absolute atomic E-state index is 0.312. The fourth-order valence-electron chi connectivity index (χ4n) is 2.78. The van der Waals surface area contributed by atoms with Gasteiger partial charge in [0.05, 0.1) is 17.7 Å². The summed E-state index contributed by atoms with van der Waals surface area (Å²) in [5.74, 6) is 0.831. The predicted octanol–water partition coefficient (Wildman–Crippen LogP) is 4.80. The van der Waals surface area contributed by atoms with Crippen LogP contribution in [0, 0.1) is 12.7 Å². The van der Waals surface area contributed by atoms with Gasteiger partial charge in [0.15, 0.2) is 0 Å². The van der Waals surface area contributed by atoms with E-state index >= 15 is 0 Å². The number of para-hydroxylation sites is 1. The maximum atomic E-state index is 13.1. The normalized spacial score (nSPS) is 11.0. The lowest BCUT2D eigenvalue weighted by Crippen LogP contribution is -1.99. The number of halogens is 1. The quantitative estimate of drug-likeness (QED) is 0.530. The van der Waals surface area contributed by atoms with E-state index in [1.165, 1.54) is 12.1 Å². The van der Waals surface area contributed by atoms with Crippen LogP contribution in [0.5, 0.6) is 5.88 Å². The third-order valence-electron chi connectivity index (χ3n) is 4.05. The van der Waals surface area contributed by atoms with Crippen molar-refractivity contribution >= 4 is 10.9 Å². The molecule has 4 aromatic rings. The standard InChI is InChI=1S/C20H16FN3O2/c1-3-25-20-16(11-14-6-4-5-12(2)17(14)22-20)18-23-19(26-24-18)13-7-9-15(21)10-8-13/h4-11H,3H2,1-2H3. The molecule has 0 aliphatic heterocycles. The summed E-state index contributed by atoms with van der Waals surface area (Å²) in [7, 11) is 0. The molecule has 0 saturated carbocycles. The highest BCUT2D eigenvalue weighted by molar-refractivity contribution is 5.87. The molecular formula is C20H16FN3O2. The van der Waals surface area contributed by atoms with E-state index in [1.54, 1.807) is 12.1 Å². The average Bonchev–Trinajstić information content (AvgIpc) is 3.13. The lowest BCUT2D eigenvalue weighted by atomic mass is 10.1. The van der Waals surface area contributed by atoms with Gasteiger partial charge in [0.2, 0.25) is 11.7 Å². The number of nitrogens with zero attached hydrogens (tertiary/aromatic N) is 3. The SMILES string of the molecule is CCOc1nc2c(C)cccc2cc1-c1noc(-c2ccc(F)cc2)n1. The first-order chi connectivity index (χ1) is 12.7. The molecule has 0 bridgehead atoms. The molecular weight excluding hydrogens is 333 g/mol. The number of hydrogen-bond donors (Lipinski definition) is 0. The third-order valence-corrected chi connectivity index (χ3v) is 4.05. The summed E-state index contributed by atoms with van der Waals surface area (Å²) in [6, 6.07) is 13.8. The number of hydrogen-bond acceptors (Lipinski definition) is 5. The van der Waals surface area contributed by atoms with Gasteiger partial charge in [-0.1, -0.05) is 23.4 Å². The summed E-state index contributed by atoms with van der Waals surface area (Å²) in [6.07, 6.45) is 0. The number of pyridine rings is 1. The minimum Gasteiger partial charge on any atom is -0.477 e. The van der Waals surface area contributed by atoms with Gasteiger partial charge in [0, 0.05) is 10.9 Å². The number of aryl methyl sites for hydroxylation is 1. The molecule has 0 N–H and O–H groups in total. The van der Waals surface area contributed by atoms with Gasteiger partial charge >= 0.3 is 0 Å². The Hall–Kier alpha value is -3.28. The molecule has 26 heavy (non-hydrogen) atoms. The van der Waals surface area contributed by atoms with E-state index in [9.17, 15) is 4.39 Å². The molecule has 0 spiro atoms. The first-order valence-corrected chi connectivity index (χ1v) is 8.29. The van der Waals surface area contributed by atoms with Crippen molar-refractivity contribution < 1.29 is 13.7 Å². The molecule has 130 valence electrons. The van der Waals surface area contributed by atoms with Crippen LogP contribution in [0.25, 0.3) is 33.7 Å². The highest BCUT2D eigenvalue weighted by Gasteiger charge is 2.17. The van der Waals surface area contributed by atoms with E-state index in [0.717, 1.165) is 16.5 Å². The zero-order chi connectivity index (χ0) is 18.1. The molecule has 0 radical (unpaired) electrons. The van der Waals surface area contributed by atoms with Crippen LogP contribution >= 0.6 is 0 Å². The Morgan fingerprint density at radius 2 is 1.88 bits per heavy atom. The van der Waals surface area contributed by atoms with Crippen LogP contribution in [-0.2, 0) is 0 Å². The highest BCUT2D eigenvalue weighted by atomic mass is 19.1. The summed E-state index contributed by atoms with van der Waals surface area (Å²) in [6.45, 7) is 4.37. The molecule has 6 heteroatoms. The first kappa shape index (κ1) is 16.2. The number of fused-ring (bicyclic) bond motifs is 1. The van der Waals surface area contributed by atoms with Crippen LogP contribution in [0.3, 0.4) is 0 Å². The van der Waals surface area contributed by atoms with Crippen molar-refractivity contribution in [3.8, 4) is 28.7 Å². The lowest BCUT2D eigenvalue weighted by molar-refractivity contribution is 0.329. The number of rotatable bonds is 4. The molecule has 0 atom stereocenters. The Kier molecular flexibility index (Phi) is 4.08. The minimum atomic E-state index is -0.318. The number of aromatic nitrogens is 3. The molecule has 0 aliphatic rings. The topological polar surface area (TPSA) is 61.0 Å². The van der Waals surface area contributed by atoms with Crippen molar-refractivity contribution in [2.45, 2.75) is 13.8 Å². The van der Waals surface area contributed by atoms with Crippen LogP contribution in [0.4, 0.5) is 4.39 Å². The van der Waals surface area contributed by atoms with Crippen LogP contribution in [0.2, 0.25) is 0 Å². The Labute approximate surface area is 149 Å². The monoisotopic (exact) mass is 349 g/mol. The number of benzene rings is 2. The van der Waals surface area contributed by atoms with E-state index in [0.29, 0.717) is 35.3 Å². The zero-order valence-corrected chi connectivity index (χ0v) is 14.4. The van der Waals surface area contributed by atoms with Crippen LogP contribution in [0.1, 0.15) is 12.5 Å². The van der Waals surface area contributed by atoms with Crippen LogP contribution in [0.15, 0.2) is 53.1 Å². The van der Waals surface area contributed by atoms with Crippen LogP contribution in [-0.4, -0.2) is 21.7 Å². The van der Waals surface area contributed by atoms with Gasteiger partial charge in [0.25, 0.3) is 5.89 Å². The van der Waals surface area contributed by atoms with Gasteiger partial charge in [-0.25, -0.2) is 9.37 Å². The number of ether oxygens (including phenoxy) is 1. The van der Waals surface area contributed by atoms with Crippen molar-refractivity contribution in [2.75, 3.05) is 6.61 Å². The molecule has 0 saturated heterocycles. The van der Waals surface area contributed by atoms with Crippen LogP contribution < -0.4 is 4.74 Å². The van der Waals surface area contributed by atoms with Crippen molar-refractivity contribution in [3.05, 3.63) is 59.9 Å².